The fourth-order valence-corrected chi connectivity index (χ4v) is 3.49. The molecule has 0 radical (unpaired) electrons. The van der Waals surface area contributed by atoms with Crippen LogP contribution in [0.2, 0.25) is 0 Å². The molecule has 25 heavy (non-hydrogen) atoms. The van der Waals surface area contributed by atoms with Crippen molar-refractivity contribution >= 4 is 11.9 Å². The molecule has 2 aromatic rings. The third-order valence-electron chi connectivity index (χ3n) is 5.07. The lowest BCUT2D eigenvalue weighted by molar-refractivity contribution is -0.133. The van der Waals surface area contributed by atoms with Crippen LogP contribution >= 0.6 is 0 Å². The van der Waals surface area contributed by atoms with Crippen LogP contribution in [-0.2, 0) is 4.79 Å². The van der Waals surface area contributed by atoms with Gasteiger partial charge in [-0.3, -0.25) is 9.48 Å². The van der Waals surface area contributed by atoms with E-state index < -0.39 is 5.97 Å². The van der Waals surface area contributed by atoms with Crippen LogP contribution in [0, 0.1) is 6.92 Å². The number of likely N-dealkylation sites (tertiary alicyclic amines) is 1. The summed E-state index contributed by atoms with van der Waals surface area (Å²) in [5.74, 6) is -0.955. The van der Waals surface area contributed by atoms with Crippen molar-refractivity contribution in [3.63, 3.8) is 0 Å². The number of carboxylic acids is 1. The molecule has 1 N–H and O–H groups in total. The van der Waals surface area contributed by atoms with Crippen LogP contribution < -0.4 is 0 Å². The number of nitrogens with zero attached hydrogens (tertiary/aromatic N) is 3. The first kappa shape index (κ1) is 17.2. The quantitative estimate of drug-likeness (QED) is 0.928. The van der Waals surface area contributed by atoms with Gasteiger partial charge in [0.05, 0.1) is 23.9 Å². The maximum Gasteiger partial charge on any atom is 0.339 e. The Morgan fingerprint density at radius 3 is 2.40 bits per heavy atom. The molecule has 1 saturated heterocycles. The normalized spacial score (nSPS) is 16.6. The number of hydrogen-bond acceptors (Lipinski definition) is 3. The van der Waals surface area contributed by atoms with E-state index >= 15 is 0 Å². The molecule has 132 valence electrons. The zero-order valence-electron chi connectivity index (χ0n) is 14.6. The van der Waals surface area contributed by atoms with Gasteiger partial charge in [0.1, 0.15) is 5.56 Å². The summed E-state index contributed by atoms with van der Waals surface area (Å²) in [4.78, 5) is 25.8. The van der Waals surface area contributed by atoms with Gasteiger partial charge >= 0.3 is 5.97 Å². The highest BCUT2D eigenvalue weighted by Gasteiger charge is 2.29. The summed E-state index contributed by atoms with van der Waals surface area (Å²) in [6, 6.07) is 9.96. The average molecular weight is 341 g/mol. The Bertz CT molecular complexity index is 761. The zero-order valence-corrected chi connectivity index (χ0v) is 14.6. The number of benzene rings is 1. The molecular formula is C19H23N3O3. The smallest absolute Gasteiger partial charge is 0.339 e. The van der Waals surface area contributed by atoms with Gasteiger partial charge in [-0.25, -0.2) is 4.79 Å². The first-order chi connectivity index (χ1) is 12.0. The number of aromatic nitrogens is 2. The number of carboxylic acid groups (broad SMARTS) is 1. The van der Waals surface area contributed by atoms with E-state index in [-0.39, 0.29) is 23.4 Å². The molecule has 1 unspecified atom stereocenters. The van der Waals surface area contributed by atoms with Crippen molar-refractivity contribution in [1.82, 2.24) is 14.7 Å². The summed E-state index contributed by atoms with van der Waals surface area (Å²) >= 11 is 0. The van der Waals surface area contributed by atoms with Crippen molar-refractivity contribution in [3.05, 3.63) is 53.3 Å². The first-order valence-corrected chi connectivity index (χ1v) is 8.60. The van der Waals surface area contributed by atoms with Gasteiger partial charge < -0.3 is 10.0 Å². The van der Waals surface area contributed by atoms with E-state index in [4.69, 9.17) is 5.11 Å². The number of aromatic carboxylic acids is 1. The number of carbonyl (C=O) groups excluding carboxylic acids is 1. The fraction of sp³-hybridized carbons (Fsp3) is 0.421. The monoisotopic (exact) mass is 341 g/mol. The van der Waals surface area contributed by atoms with E-state index in [1.165, 1.54) is 6.20 Å². The average Bonchev–Trinajstić information content (AvgIpc) is 3.03. The third-order valence-corrected chi connectivity index (χ3v) is 5.07. The molecule has 3 rings (SSSR count). The third kappa shape index (κ3) is 3.43. The van der Waals surface area contributed by atoms with E-state index in [9.17, 15) is 9.59 Å². The predicted octanol–water partition coefficient (Wildman–Crippen LogP) is 2.86. The molecule has 1 atom stereocenters. The van der Waals surface area contributed by atoms with Gasteiger partial charge in [-0.1, -0.05) is 30.3 Å². The Morgan fingerprint density at radius 2 is 1.84 bits per heavy atom. The Hall–Kier alpha value is -2.63. The van der Waals surface area contributed by atoms with Crippen molar-refractivity contribution < 1.29 is 14.7 Å². The molecule has 6 heteroatoms. The Morgan fingerprint density at radius 1 is 1.20 bits per heavy atom. The second-order valence-corrected chi connectivity index (χ2v) is 6.58. The van der Waals surface area contributed by atoms with Crippen LogP contribution in [0.3, 0.4) is 0 Å². The molecule has 1 aliphatic rings. The minimum absolute atomic E-state index is 0.143. The fourth-order valence-electron chi connectivity index (χ4n) is 3.49. The highest BCUT2D eigenvalue weighted by Crippen LogP contribution is 2.27. The lowest BCUT2D eigenvalue weighted by Gasteiger charge is -2.34. The minimum atomic E-state index is -0.951. The Labute approximate surface area is 147 Å². The van der Waals surface area contributed by atoms with E-state index in [1.807, 2.05) is 42.2 Å². The molecule has 2 heterocycles. The number of hydrogen-bond donors (Lipinski definition) is 1. The second-order valence-electron chi connectivity index (χ2n) is 6.58. The molecule has 1 aromatic carbocycles. The van der Waals surface area contributed by atoms with E-state index in [0.29, 0.717) is 18.8 Å². The van der Waals surface area contributed by atoms with Gasteiger partial charge in [-0.2, -0.15) is 5.10 Å². The lowest BCUT2D eigenvalue weighted by Crippen LogP contribution is -2.41. The molecule has 1 aromatic heterocycles. The highest BCUT2D eigenvalue weighted by atomic mass is 16.4. The lowest BCUT2D eigenvalue weighted by atomic mass is 9.97. The zero-order chi connectivity index (χ0) is 18.0. The summed E-state index contributed by atoms with van der Waals surface area (Å²) in [6.07, 6.45) is 2.98. The van der Waals surface area contributed by atoms with E-state index in [0.717, 1.165) is 18.4 Å². The summed E-state index contributed by atoms with van der Waals surface area (Å²) < 4.78 is 1.80. The number of amides is 1. The van der Waals surface area contributed by atoms with Gasteiger partial charge in [-0.05, 0) is 32.3 Å². The van der Waals surface area contributed by atoms with Gasteiger partial charge in [0.15, 0.2) is 0 Å². The van der Waals surface area contributed by atoms with Crippen molar-refractivity contribution in [2.75, 3.05) is 13.1 Å². The summed E-state index contributed by atoms with van der Waals surface area (Å²) in [5.41, 5.74) is 1.95. The summed E-state index contributed by atoms with van der Waals surface area (Å²) in [7, 11) is 0. The van der Waals surface area contributed by atoms with Crippen LogP contribution in [-0.4, -0.2) is 44.8 Å². The molecule has 6 nitrogen and oxygen atoms in total. The topological polar surface area (TPSA) is 75.4 Å². The molecule has 0 spiro atoms. The van der Waals surface area contributed by atoms with Crippen LogP contribution in [0.1, 0.15) is 53.3 Å². The molecule has 1 fully saturated rings. The number of piperidine rings is 1. The first-order valence-electron chi connectivity index (χ1n) is 8.60. The number of rotatable bonds is 4. The van der Waals surface area contributed by atoms with Crippen molar-refractivity contribution in [2.24, 2.45) is 0 Å². The van der Waals surface area contributed by atoms with Crippen molar-refractivity contribution in [3.8, 4) is 0 Å². The molecule has 1 amide bonds. The maximum atomic E-state index is 12.7. The van der Waals surface area contributed by atoms with Crippen LogP contribution in [0.15, 0.2) is 36.5 Å². The van der Waals surface area contributed by atoms with Crippen LogP contribution in [0.25, 0.3) is 0 Å². The van der Waals surface area contributed by atoms with Crippen molar-refractivity contribution in [1.29, 1.82) is 0 Å². The molecule has 0 aliphatic carbocycles. The molecule has 0 bridgehead atoms. The predicted molar refractivity (Wildman–Crippen MR) is 93.6 cm³/mol. The summed E-state index contributed by atoms with van der Waals surface area (Å²) in [5, 5.41) is 13.4. The minimum Gasteiger partial charge on any atom is -0.478 e. The van der Waals surface area contributed by atoms with E-state index in [1.54, 1.807) is 11.6 Å². The van der Waals surface area contributed by atoms with E-state index in [2.05, 4.69) is 5.10 Å². The standard InChI is InChI=1S/C19H23N3O3/c1-13(15-6-4-3-5-7-15)18(23)21-10-8-16(9-11-21)22-14(2)17(12-20-22)19(24)25/h3-7,12-13,16H,8-11H2,1-2H3,(H,24,25). The SMILES string of the molecule is Cc1c(C(=O)O)cnn1C1CCN(C(=O)C(C)c2ccccc2)CC1. The molecule has 0 saturated carbocycles. The molecular weight excluding hydrogens is 318 g/mol. The highest BCUT2D eigenvalue weighted by molar-refractivity contribution is 5.88. The largest absolute Gasteiger partial charge is 0.478 e. The van der Waals surface area contributed by atoms with Gasteiger partial charge in [0.2, 0.25) is 5.91 Å². The van der Waals surface area contributed by atoms with Crippen LogP contribution in [0.5, 0.6) is 0 Å². The second kappa shape index (κ2) is 7.09. The van der Waals surface area contributed by atoms with Gasteiger partial charge in [-0.15, -0.1) is 0 Å². The maximum absolute atomic E-state index is 12.7. The Balaban J connectivity index is 1.64. The van der Waals surface area contributed by atoms with Crippen molar-refractivity contribution in [2.45, 2.75) is 38.6 Å². The Kier molecular flexibility index (Phi) is 4.88. The van der Waals surface area contributed by atoms with Crippen LogP contribution in [0.4, 0.5) is 0 Å². The molecule has 1 aliphatic heterocycles. The summed E-state index contributed by atoms with van der Waals surface area (Å²) in [6.45, 7) is 5.07. The number of carbonyl (C=O) groups is 2. The van der Waals surface area contributed by atoms with Gasteiger partial charge in [0.25, 0.3) is 0 Å². The van der Waals surface area contributed by atoms with Gasteiger partial charge in [0, 0.05) is 13.1 Å².